The van der Waals surface area contributed by atoms with Crippen LogP contribution < -0.4 is 5.73 Å². The van der Waals surface area contributed by atoms with E-state index in [2.05, 4.69) is 42.7 Å². The third-order valence-corrected chi connectivity index (χ3v) is 9.11. The first kappa shape index (κ1) is 52.6. The minimum atomic E-state index is -4.26. The molecule has 0 bridgehead atoms. The molecule has 0 heterocycles. The van der Waals surface area contributed by atoms with Crippen LogP contribution in [-0.2, 0) is 28.2 Å². The summed E-state index contributed by atoms with van der Waals surface area (Å²) in [7, 11) is -4.26. The molecule has 0 aromatic heterocycles. The highest BCUT2D eigenvalue weighted by molar-refractivity contribution is 7.46. The minimum Gasteiger partial charge on any atom is -0.462 e. The maximum Gasteiger partial charge on any atom is 0.469 e. The van der Waals surface area contributed by atoms with E-state index in [1.54, 1.807) is 0 Å². The first-order valence-corrected chi connectivity index (χ1v) is 22.4. The van der Waals surface area contributed by atoms with E-state index in [1.165, 1.54) is 116 Å². The van der Waals surface area contributed by atoms with E-state index in [-0.39, 0.29) is 38.3 Å². The van der Waals surface area contributed by atoms with Crippen molar-refractivity contribution in [3.8, 4) is 0 Å². The molecule has 0 aliphatic heterocycles. The van der Waals surface area contributed by atoms with Gasteiger partial charge in [0.05, 0.1) is 13.2 Å². The molecule has 0 amide bonds. The number of rotatable bonds is 37. The number of unbranched alkanes of at least 4 members (excludes halogenated alkanes) is 22. The van der Waals surface area contributed by atoms with Crippen molar-refractivity contribution in [2.75, 3.05) is 26.4 Å². The Morgan fingerprint density at radius 1 is 0.596 bits per heavy atom. The minimum absolute atomic E-state index is 0.0709. The zero-order valence-electron chi connectivity index (χ0n) is 33.3. The fraction of sp³-hybridized carbons (Fsp3) is 0.854. The summed E-state index contributed by atoms with van der Waals surface area (Å²) in [4.78, 5) is 40.2. The van der Waals surface area contributed by atoms with Crippen molar-refractivity contribution in [2.24, 2.45) is 5.73 Å². The smallest absolute Gasteiger partial charge is 0.462 e. The van der Waals surface area contributed by atoms with Crippen molar-refractivity contribution in [1.29, 1.82) is 0 Å². The molecule has 0 aromatic carbocycles. The molecule has 1 unspecified atom stereocenters. The van der Waals surface area contributed by atoms with Gasteiger partial charge in [-0.05, 0) is 64.2 Å². The second-order valence-electron chi connectivity index (χ2n) is 13.8. The molecular formula is C41H80NO9P. The van der Waals surface area contributed by atoms with E-state index in [1.807, 2.05) is 0 Å². The summed E-state index contributed by atoms with van der Waals surface area (Å²) >= 11 is 0. The fourth-order valence-electron chi connectivity index (χ4n) is 5.48. The predicted molar refractivity (Wildman–Crippen MR) is 214 cm³/mol. The molecule has 0 saturated carbocycles. The molecule has 52 heavy (non-hydrogen) atoms. The van der Waals surface area contributed by atoms with Gasteiger partial charge in [0.1, 0.15) is 6.61 Å². The number of carbonyl (C=O) groups excluding carboxylic acids is 2. The van der Waals surface area contributed by atoms with E-state index in [0.717, 1.165) is 51.4 Å². The van der Waals surface area contributed by atoms with Crippen molar-refractivity contribution >= 4 is 19.8 Å². The largest absolute Gasteiger partial charge is 0.469 e. The van der Waals surface area contributed by atoms with Gasteiger partial charge in [-0.3, -0.25) is 14.1 Å². The van der Waals surface area contributed by atoms with Gasteiger partial charge in [0.25, 0.3) is 0 Å². The number of allylic oxidation sites excluding steroid dienone is 4. The number of phosphoric acid groups is 1. The van der Waals surface area contributed by atoms with Crippen LogP contribution in [0.4, 0.5) is 0 Å². The van der Waals surface area contributed by atoms with Crippen molar-refractivity contribution in [3.63, 3.8) is 0 Å². The number of aliphatic hydroxyl groups excluding tert-OH is 1. The molecular weight excluding hydrogens is 681 g/mol. The molecule has 0 aromatic rings. The van der Waals surface area contributed by atoms with Crippen molar-refractivity contribution in [1.82, 2.24) is 0 Å². The van der Waals surface area contributed by atoms with Crippen LogP contribution in [0.3, 0.4) is 0 Å². The van der Waals surface area contributed by atoms with Crippen LogP contribution in [-0.4, -0.2) is 59.3 Å². The molecule has 10 nitrogen and oxygen atoms in total. The molecule has 5 N–H and O–H groups in total. The van der Waals surface area contributed by atoms with Gasteiger partial charge >= 0.3 is 19.8 Å². The lowest BCUT2D eigenvalue weighted by Gasteiger charge is -2.15. The summed E-state index contributed by atoms with van der Waals surface area (Å²) in [5.41, 5.74) is 4.87. The highest BCUT2D eigenvalue weighted by Crippen LogP contribution is 2.34. The molecule has 0 aliphatic carbocycles. The second-order valence-corrected chi connectivity index (χ2v) is 15.0. The monoisotopic (exact) mass is 762 g/mol. The molecule has 0 saturated heterocycles. The highest BCUT2D eigenvalue weighted by Gasteiger charge is 2.16. The Bertz CT molecular complexity index is 878. The average Bonchev–Trinajstić information content (AvgIpc) is 3.12. The van der Waals surface area contributed by atoms with Crippen LogP contribution in [0.15, 0.2) is 24.3 Å². The number of carbonyl (C=O) groups is 2. The van der Waals surface area contributed by atoms with Crippen LogP contribution in [0.1, 0.15) is 194 Å². The van der Waals surface area contributed by atoms with Gasteiger partial charge in [-0.15, -0.1) is 0 Å². The van der Waals surface area contributed by atoms with E-state index in [4.69, 9.17) is 25.0 Å². The maximum atomic E-state index is 12.1. The lowest BCUT2D eigenvalue weighted by molar-refractivity contribution is -0.161. The van der Waals surface area contributed by atoms with E-state index >= 15 is 0 Å². The first-order valence-electron chi connectivity index (χ1n) is 20.9. The lowest BCUT2D eigenvalue weighted by atomic mass is 10.1. The van der Waals surface area contributed by atoms with Gasteiger partial charge < -0.3 is 30.1 Å². The summed E-state index contributed by atoms with van der Waals surface area (Å²) in [6, 6.07) is 0. The first-order chi connectivity index (χ1) is 25.2. The molecule has 308 valence electrons. The molecule has 0 rings (SSSR count). The number of hydrogen-bond donors (Lipinski definition) is 4. The Labute approximate surface area is 318 Å². The summed E-state index contributed by atoms with van der Waals surface area (Å²) < 4.78 is 24.3. The topological polar surface area (TPSA) is 166 Å². The Balaban J connectivity index is 0. The number of nitrogens with two attached hydrogens (primary N) is 1. The zero-order chi connectivity index (χ0) is 38.8. The number of aliphatic hydroxyl groups is 1. The van der Waals surface area contributed by atoms with Gasteiger partial charge in [-0.25, -0.2) is 4.57 Å². The van der Waals surface area contributed by atoms with E-state index in [9.17, 15) is 19.3 Å². The molecule has 0 spiro atoms. The van der Waals surface area contributed by atoms with Crippen LogP contribution in [0.25, 0.3) is 0 Å². The van der Waals surface area contributed by atoms with Crippen LogP contribution in [0, 0.1) is 0 Å². The molecule has 0 radical (unpaired) electrons. The maximum absolute atomic E-state index is 12.1. The normalized spacial score (nSPS) is 12.3. The second kappa shape index (κ2) is 42.2. The summed E-state index contributed by atoms with van der Waals surface area (Å²) in [5, 5.41) is 9.53. The van der Waals surface area contributed by atoms with Crippen molar-refractivity contribution < 1.29 is 43.0 Å². The van der Waals surface area contributed by atoms with Crippen molar-refractivity contribution in [2.45, 2.75) is 200 Å². The third kappa shape index (κ3) is 46.5. The molecule has 0 aliphatic rings. The lowest BCUT2D eigenvalue weighted by Crippen LogP contribution is -2.28. The third-order valence-electron chi connectivity index (χ3n) is 8.59. The Morgan fingerprint density at radius 3 is 1.31 bits per heavy atom. The van der Waals surface area contributed by atoms with E-state index in [0.29, 0.717) is 12.8 Å². The number of hydrogen-bond acceptors (Lipinski definition) is 8. The Kier molecular flexibility index (Phi) is 42.6. The predicted octanol–water partition coefficient (Wildman–Crippen LogP) is 10.6. The molecule has 11 heteroatoms. The van der Waals surface area contributed by atoms with E-state index < -0.39 is 13.9 Å². The number of ether oxygens (including phenoxy) is 2. The molecule has 0 fully saturated rings. The van der Waals surface area contributed by atoms with Gasteiger partial charge in [-0.1, -0.05) is 141 Å². The van der Waals surface area contributed by atoms with Gasteiger partial charge in [0.2, 0.25) is 0 Å². The van der Waals surface area contributed by atoms with Crippen LogP contribution >= 0.6 is 7.82 Å². The Hall–Kier alpha value is -1.55. The van der Waals surface area contributed by atoms with Gasteiger partial charge in [0.15, 0.2) is 6.10 Å². The Morgan fingerprint density at radius 2 is 0.962 bits per heavy atom. The average molecular weight is 762 g/mol. The van der Waals surface area contributed by atoms with Crippen LogP contribution in [0.2, 0.25) is 0 Å². The standard InChI is InChI=1S/C39H72O5.C2H8NO4P/c1-3-5-7-9-11-13-15-17-19-21-23-25-27-29-31-33-38(41)43-36-37(35-40)44-39(42)34-32-30-28-26-24-22-20-18-16-14-12-10-8-6-4-2;3-1-2-7-8(4,5)6/h17-20,37,40H,3-16,21-36H2,1-2H3;1-3H2,(H2,4,5,6)/b19-17-,20-18-;. The highest BCUT2D eigenvalue weighted by atomic mass is 31.2. The van der Waals surface area contributed by atoms with Crippen molar-refractivity contribution in [3.05, 3.63) is 24.3 Å². The number of esters is 2. The quantitative estimate of drug-likeness (QED) is 0.0207. The van der Waals surface area contributed by atoms with Crippen LogP contribution in [0.5, 0.6) is 0 Å². The fourth-order valence-corrected chi connectivity index (χ4v) is 5.82. The number of phosphoric ester groups is 1. The zero-order valence-corrected chi connectivity index (χ0v) is 34.2. The van der Waals surface area contributed by atoms with Gasteiger partial charge in [-0.2, -0.15) is 0 Å². The summed E-state index contributed by atoms with van der Waals surface area (Å²) in [6.07, 6.45) is 40.9. The van der Waals surface area contributed by atoms with Gasteiger partial charge in [0, 0.05) is 19.4 Å². The SMILES string of the molecule is CCCCCCCC/C=C\CCCCCCCC(=O)OCC(CO)OC(=O)CCCCCCC/C=C\CCCCCCCC.NCCOP(=O)(O)O. The summed E-state index contributed by atoms with van der Waals surface area (Å²) in [5.74, 6) is -0.607. The molecule has 1 atom stereocenters. The summed E-state index contributed by atoms with van der Waals surface area (Å²) in [6.45, 7) is 4.12.